The Labute approximate surface area is 138 Å². The second-order valence-electron chi connectivity index (χ2n) is 5.96. The SMILES string of the molecule is CCc1ccccc1NC(=O)[C@H](C)Oc1cc(C)cc(C)c1C. The van der Waals surface area contributed by atoms with Crippen molar-refractivity contribution in [2.24, 2.45) is 0 Å². The van der Waals surface area contributed by atoms with Gasteiger partial charge >= 0.3 is 0 Å². The number of benzene rings is 2. The smallest absolute Gasteiger partial charge is 0.265 e. The molecule has 122 valence electrons. The molecule has 0 saturated heterocycles. The number of hydrogen-bond acceptors (Lipinski definition) is 2. The van der Waals surface area contributed by atoms with E-state index in [9.17, 15) is 4.79 Å². The molecular formula is C20H25NO2. The van der Waals surface area contributed by atoms with Crippen LogP contribution in [0.1, 0.15) is 36.1 Å². The van der Waals surface area contributed by atoms with Crippen molar-refractivity contribution in [3.05, 3.63) is 58.7 Å². The Balaban J connectivity index is 2.12. The molecule has 0 unspecified atom stereocenters. The topological polar surface area (TPSA) is 38.3 Å². The molecule has 23 heavy (non-hydrogen) atoms. The number of carbonyl (C=O) groups is 1. The molecule has 0 aliphatic heterocycles. The number of anilines is 1. The molecule has 0 saturated carbocycles. The van der Waals surface area contributed by atoms with Crippen molar-refractivity contribution < 1.29 is 9.53 Å². The minimum absolute atomic E-state index is 0.135. The predicted molar refractivity (Wildman–Crippen MR) is 95.2 cm³/mol. The molecule has 0 spiro atoms. The zero-order valence-corrected chi connectivity index (χ0v) is 14.6. The Morgan fingerprint density at radius 2 is 1.87 bits per heavy atom. The summed E-state index contributed by atoms with van der Waals surface area (Å²) >= 11 is 0. The fourth-order valence-electron chi connectivity index (χ4n) is 2.55. The highest BCUT2D eigenvalue weighted by Gasteiger charge is 2.17. The van der Waals surface area contributed by atoms with E-state index in [-0.39, 0.29) is 5.91 Å². The van der Waals surface area contributed by atoms with Gasteiger partial charge < -0.3 is 10.1 Å². The van der Waals surface area contributed by atoms with E-state index >= 15 is 0 Å². The third-order valence-electron chi connectivity index (χ3n) is 4.09. The van der Waals surface area contributed by atoms with Crippen LogP contribution < -0.4 is 10.1 Å². The van der Waals surface area contributed by atoms with E-state index in [1.165, 1.54) is 5.56 Å². The molecule has 0 heterocycles. The van der Waals surface area contributed by atoms with E-state index in [1.54, 1.807) is 6.92 Å². The molecule has 1 atom stereocenters. The summed E-state index contributed by atoms with van der Waals surface area (Å²) in [7, 11) is 0. The number of ether oxygens (including phenoxy) is 1. The summed E-state index contributed by atoms with van der Waals surface area (Å²) in [4.78, 5) is 12.4. The first-order valence-corrected chi connectivity index (χ1v) is 8.05. The van der Waals surface area contributed by atoms with Gasteiger partial charge in [0.05, 0.1) is 0 Å². The molecule has 3 heteroatoms. The molecule has 0 bridgehead atoms. The number of nitrogens with one attached hydrogen (secondary N) is 1. The van der Waals surface area contributed by atoms with Crippen molar-refractivity contribution in [1.82, 2.24) is 0 Å². The normalized spacial score (nSPS) is 11.9. The quantitative estimate of drug-likeness (QED) is 0.877. The van der Waals surface area contributed by atoms with Crippen LogP contribution in [0.25, 0.3) is 0 Å². The molecule has 2 rings (SSSR count). The monoisotopic (exact) mass is 311 g/mol. The van der Waals surface area contributed by atoms with Gasteiger partial charge in [0, 0.05) is 5.69 Å². The van der Waals surface area contributed by atoms with Crippen molar-refractivity contribution in [1.29, 1.82) is 0 Å². The Bertz CT molecular complexity index is 707. The van der Waals surface area contributed by atoms with Crippen LogP contribution >= 0.6 is 0 Å². The van der Waals surface area contributed by atoms with E-state index in [0.29, 0.717) is 0 Å². The number of aryl methyl sites for hydroxylation is 3. The highest BCUT2D eigenvalue weighted by atomic mass is 16.5. The summed E-state index contributed by atoms with van der Waals surface area (Å²) in [5.41, 5.74) is 5.35. The van der Waals surface area contributed by atoms with Gasteiger partial charge in [-0.25, -0.2) is 0 Å². The van der Waals surface area contributed by atoms with Gasteiger partial charge in [-0.2, -0.15) is 0 Å². The summed E-state index contributed by atoms with van der Waals surface area (Å²) in [6.45, 7) is 9.95. The van der Waals surface area contributed by atoms with Crippen LogP contribution in [0, 0.1) is 20.8 Å². The minimum Gasteiger partial charge on any atom is -0.481 e. The Morgan fingerprint density at radius 3 is 2.57 bits per heavy atom. The summed E-state index contributed by atoms with van der Waals surface area (Å²) in [5.74, 6) is 0.637. The maximum atomic E-state index is 12.4. The van der Waals surface area contributed by atoms with Gasteiger partial charge in [0.2, 0.25) is 0 Å². The van der Waals surface area contributed by atoms with Crippen molar-refractivity contribution >= 4 is 11.6 Å². The number of para-hydroxylation sites is 1. The van der Waals surface area contributed by atoms with Crippen LogP contribution in [0.5, 0.6) is 5.75 Å². The molecule has 1 N–H and O–H groups in total. The zero-order chi connectivity index (χ0) is 17.0. The highest BCUT2D eigenvalue weighted by Crippen LogP contribution is 2.24. The largest absolute Gasteiger partial charge is 0.481 e. The average Bonchev–Trinajstić information content (AvgIpc) is 2.52. The van der Waals surface area contributed by atoms with E-state index < -0.39 is 6.10 Å². The van der Waals surface area contributed by atoms with Gasteiger partial charge in [0.25, 0.3) is 5.91 Å². The van der Waals surface area contributed by atoms with Crippen LogP contribution in [-0.4, -0.2) is 12.0 Å². The van der Waals surface area contributed by atoms with E-state index in [0.717, 1.165) is 34.5 Å². The van der Waals surface area contributed by atoms with Gasteiger partial charge in [-0.3, -0.25) is 4.79 Å². The molecule has 0 fully saturated rings. The zero-order valence-electron chi connectivity index (χ0n) is 14.6. The Morgan fingerprint density at radius 1 is 1.17 bits per heavy atom. The van der Waals surface area contributed by atoms with E-state index in [2.05, 4.69) is 25.2 Å². The average molecular weight is 311 g/mol. The molecular weight excluding hydrogens is 286 g/mol. The first-order valence-electron chi connectivity index (χ1n) is 8.05. The lowest BCUT2D eigenvalue weighted by Crippen LogP contribution is -2.30. The second-order valence-corrected chi connectivity index (χ2v) is 5.96. The predicted octanol–water partition coefficient (Wildman–Crippen LogP) is 4.58. The fraction of sp³-hybridized carbons (Fsp3) is 0.350. The van der Waals surface area contributed by atoms with Crippen LogP contribution in [-0.2, 0) is 11.2 Å². The molecule has 3 nitrogen and oxygen atoms in total. The van der Waals surface area contributed by atoms with Gasteiger partial charge in [-0.15, -0.1) is 0 Å². The van der Waals surface area contributed by atoms with Crippen LogP contribution in [0.3, 0.4) is 0 Å². The van der Waals surface area contributed by atoms with Crippen molar-refractivity contribution in [2.75, 3.05) is 5.32 Å². The third-order valence-corrected chi connectivity index (χ3v) is 4.09. The summed E-state index contributed by atoms with van der Waals surface area (Å²) < 4.78 is 5.90. The number of hydrogen-bond donors (Lipinski definition) is 1. The fourth-order valence-corrected chi connectivity index (χ4v) is 2.55. The Kier molecular flexibility index (Phi) is 5.43. The van der Waals surface area contributed by atoms with Crippen LogP contribution in [0.15, 0.2) is 36.4 Å². The number of carbonyl (C=O) groups excluding carboxylic acids is 1. The lowest BCUT2D eigenvalue weighted by atomic mass is 10.1. The maximum Gasteiger partial charge on any atom is 0.265 e. The first-order chi connectivity index (χ1) is 10.9. The molecule has 1 amide bonds. The maximum absolute atomic E-state index is 12.4. The number of rotatable bonds is 5. The van der Waals surface area contributed by atoms with E-state index in [4.69, 9.17) is 4.74 Å². The van der Waals surface area contributed by atoms with Gasteiger partial charge in [-0.05, 0) is 68.5 Å². The van der Waals surface area contributed by atoms with Crippen molar-refractivity contribution in [2.45, 2.75) is 47.1 Å². The lowest BCUT2D eigenvalue weighted by molar-refractivity contribution is -0.122. The first kappa shape index (κ1) is 17.1. The molecule has 0 aliphatic rings. The van der Waals surface area contributed by atoms with Gasteiger partial charge in [0.15, 0.2) is 6.10 Å². The van der Waals surface area contributed by atoms with Crippen LogP contribution in [0.4, 0.5) is 5.69 Å². The second kappa shape index (κ2) is 7.32. The molecule has 2 aromatic rings. The lowest BCUT2D eigenvalue weighted by Gasteiger charge is -2.18. The summed E-state index contributed by atoms with van der Waals surface area (Å²) in [6.07, 6.45) is 0.321. The van der Waals surface area contributed by atoms with Gasteiger partial charge in [0.1, 0.15) is 5.75 Å². The third kappa shape index (κ3) is 4.13. The van der Waals surface area contributed by atoms with Crippen LogP contribution in [0.2, 0.25) is 0 Å². The number of amides is 1. The van der Waals surface area contributed by atoms with Gasteiger partial charge in [-0.1, -0.05) is 31.2 Å². The summed E-state index contributed by atoms with van der Waals surface area (Å²) in [5, 5.41) is 2.97. The molecule has 0 aliphatic carbocycles. The summed E-state index contributed by atoms with van der Waals surface area (Å²) in [6, 6.07) is 11.9. The Hall–Kier alpha value is -2.29. The molecule has 0 radical (unpaired) electrons. The minimum atomic E-state index is -0.556. The van der Waals surface area contributed by atoms with E-state index in [1.807, 2.05) is 44.2 Å². The van der Waals surface area contributed by atoms with Crippen molar-refractivity contribution in [3.63, 3.8) is 0 Å². The highest BCUT2D eigenvalue weighted by molar-refractivity contribution is 5.94. The van der Waals surface area contributed by atoms with Crippen molar-refractivity contribution in [3.8, 4) is 5.75 Å². The molecule has 2 aromatic carbocycles. The molecule has 0 aromatic heterocycles. The standard InChI is InChI=1S/C20H25NO2/c1-6-17-9-7-8-10-18(17)21-20(22)16(5)23-19-12-13(2)11-14(3)15(19)4/h7-12,16H,6H2,1-5H3,(H,21,22)/t16-/m0/s1.